The van der Waals surface area contributed by atoms with Gasteiger partial charge < -0.3 is 4.74 Å². The molecule has 108 valence electrons. The van der Waals surface area contributed by atoms with Crippen molar-refractivity contribution in [3.63, 3.8) is 0 Å². The summed E-state index contributed by atoms with van der Waals surface area (Å²) in [6, 6.07) is 2.35. The fourth-order valence-electron chi connectivity index (χ4n) is 3.00. The highest BCUT2D eigenvalue weighted by molar-refractivity contribution is 9.10. The molecular weight excluding hydrogens is 324 g/mol. The second-order valence-corrected chi connectivity index (χ2v) is 7.52. The van der Waals surface area contributed by atoms with Crippen molar-refractivity contribution in [3.05, 3.63) is 20.8 Å². The molecule has 0 spiro atoms. The highest BCUT2D eigenvalue weighted by Gasteiger charge is 2.41. The van der Waals surface area contributed by atoms with Gasteiger partial charge in [0.25, 0.3) is 0 Å². The first-order valence-corrected chi connectivity index (χ1v) is 8.51. The summed E-state index contributed by atoms with van der Waals surface area (Å²) in [6.45, 7) is 2.32. The maximum absolute atomic E-state index is 5.91. The van der Waals surface area contributed by atoms with E-state index >= 15 is 0 Å². The van der Waals surface area contributed by atoms with Crippen LogP contribution in [0.4, 0.5) is 0 Å². The zero-order valence-corrected chi connectivity index (χ0v) is 14.0. The minimum Gasteiger partial charge on any atom is -0.377 e. The molecule has 1 aromatic rings. The molecule has 3 N–H and O–H groups in total. The Morgan fingerprint density at radius 1 is 1.58 bits per heavy atom. The van der Waals surface area contributed by atoms with Crippen LogP contribution < -0.4 is 11.3 Å². The summed E-state index contributed by atoms with van der Waals surface area (Å²) >= 11 is 5.27. The largest absolute Gasteiger partial charge is 0.377 e. The first kappa shape index (κ1) is 15.4. The quantitative estimate of drug-likeness (QED) is 0.633. The lowest BCUT2D eigenvalue weighted by Crippen LogP contribution is -2.57. The van der Waals surface area contributed by atoms with Crippen molar-refractivity contribution >= 4 is 27.3 Å². The van der Waals surface area contributed by atoms with Crippen LogP contribution in [0.5, 0.6) is 0 Å². The minimum atomic E-state index is -0.113. The molecule has 0 aromatic carbocycles. The smallest absolute Gasteiger partial charge is 0.0848 e. The number of nitrogens with one attached hydrogen (secondary N) is 1. The first-order valence-electron chi connectivity index (χ1n) is 6.84. The highest BCUT2D eigenvalue weighted by Crippen LogP contribution is 2.38. The third kappa shape index (κ3) is 3.58. The van der Waals surface area contributed by atoms with E-state index in [0.29, 0.717) is 0 Å². The second kappa shape index (κ2) is 6.68. The third-order valence-corrected chi connectivity index (χ3v) is 6.11. The van der Waals surface area contributed by atoms with Crippen molar-refractivity contribution < 1.29 is 4.74 Å². The van der Waals surface area contributed by atoms with E-state index in [1.54, 1.807) is 11.3 Å². The Morgan fingerprint density at radius 3 is 2.74 bits per heavy atom. The van der Waals surface area contributed by atoms with Crippen LogP contribution in [0.25, 0.3) is 0 Å². The predicted molar refractivity (Wildman–Crippen MR) is 84.2 cm³/mol. The summed E-state index contributed by atoms with van der Waals surface area (Å²) in [5.74, 6) is 6.62. The Labute approximate surface area is 128 Å². The van der Waals surface area contributed by atoms with E-state index in [-0.39, 0.29) is 11.6 Å². The van der Waals surface area contributed by atoms with Crippen molar-refractivity contribution in [3.8, 4) is 0 Å². The van der Waals surface area contributed by atoms with E-state index in [1.165, 1.54) is 17.7 Å². The average Bonchev–Trinajstić information content (AvgIpc) is 2.83. The van der Waals surface area contributed by atoms with Gasteiger partial charge in [0.1, 0.15) is 0 Å². The number of nitrogens with two attached hydrogens (primary N) is 1. The van der Waals surface area contributed by atoms with Crippen molar-refractivity contribution in [2.45, 2.75) is 50.7 Å². The van der Waals surface area contributed by atoms with Crippen LogP contribution in [0.15, 0.2) is 15.9 Å². The molecule has 2 rings (SSSR count). The molecule has 5 heteroatoms. The van der Waals surface area contributed by atoms with Gasteiger partial charge >= 0.3 is 0 Å². The Morgan fingerprint density at radius 2 is 2.26 bits per heavy atom. The van der Waals surface area contributed by atoms with E-state index < -0.39 is 0 Å². The molecule has 1 saturated carbocycles. The molecule has 1 atom stereocenters. The van der Waals surface area contributed by atoms with Crippen LogP contribution in [-0.4, -0.2) is 18.8 Å². The topological polar surface area (TPSA) is 47.3 Å². The molecule has 1 aromatic heterocycles. The van der Waals surface area contributed by atoms with E-state index in [9.17, 15) is 0 Å². The van der Waals surface area contributed by atoms with Gasteiger partial charge in [-0.25, -0.2) is 0 Å². The summed E-state index contributed by atoms with van der Waals surface area (Å²) in [5.41, 5.74) is 2.89. The summed E-state index contributed by atoms with van der Waals surface area (Å²) in [6.07, 6.45) is 5.55. The zero-order valence-electron chi connectivity index (χ0n) is 11.6. The number of hydrazine groups is 1. The van der Waals surface area contributed by atoms with Crippen LogP contribution in [0, 0.1) is 5.92 Å². The molecule has 1 heterocycles. The molecule has 0 saturated heterocycles. The van der Waals surface area contributed by atoms with Crippen LogP contribution in [0.3, 0.4) is 0 Å². The highest BCUT2D eigenvalue weighted by atomic mass is 79.9. The van der Waals surface area contributed by atoms with E-state index in [4.69, 9.17) is 10.6 Å². The summed E-state index contributed by atoms with van der Waals surface area (Å²) in [5, 5.41) is 2.12. The van der Waals surface area contributed by atoms with Crippen LogP contribution in [0.2, 0.25) is 0 Å². The number of hydrogen-bond donors (Lipinski definition) is 2. The van der Waals surface area contributed by atoms with Crippen molar-refractivity contribution in [2.24, 2.45) is 11.8 Å². The van der Waals surface area contributed by atoms with Crippen LogP contribution >= 0.6 is 27.3 Å². The Hall–Kier alpha value is 0.0600. The van der Waals surface area contributed by atoms with Crippen molar-refractivity contribution in [1.29, 1.82) is 0 Å². The molecule has 1 aliphatic carbocycles. The van der Waals surface area contributed by atoms with Gasteiger partial charge in [-0.05, 0) is 53.6 Å². The molecule has 0 bridgehead atoms. The van der Waals surface area contributed by atoms with Gasteiger partial charge in [-0.2, -0.15) is 0 Å². The standard InChI is InChI=1S/C14H23BrN2OS/c1-10-3-5-14(18-2,6-4-10)13(17-16)8-12-7-11(15)9-19-12/h7,9-10,13,17H,3-6,8,16H2,1-2H3. The van der Waals surface area contributed by atoms with E-state index in [0.717, 1.165) is 29.7 Å². The Bertz CT molecular complexity index is 402. The van der Waals surface area contributed by atoms with Gasteiger partial charge in [-0.1, -0.05) is 6.92 Å². The number of hydrogen-bond acceptors (Lipinski definition) is 4. The predicted octanol–water partition coefficient (Wildman–Crippen LogP) is 3.48. The number of ether oxygens (including phenoxy) is 1. The summed E-state index contributed by atoms with van der Waals surface area (Å²) in [7, 11) is 1.82. The molecule has 0 radical (unpaired) electrons. The zero-order chi connectivity index (χ0) is 13.9. The van der Waals surface area contributed by atoms with Gasteiger partial charge in [-0.15, -0.1) is 11.3 Å². The van der Waals surface area contributed by atoms with E-state index in [2.05, 4.69) is 39.7 Å². The Kier molecular flexibility index (Phi) is 5.43. The molecule has 1 fully saturated rings. The lowest BCUT2D eigenvalue weighted by atomic mass is 9.74. The molecule has 0 aliphatic heterocycles. The molecule has 0 amide bonds. The normalized spacial score (nSPS) is 29.4. The fraction of sp³-hybridized carbons (Fsp3) is 0.714. The fourth-order valence-corrected chi connectivity index (χ4v) is 4.50. The maximum Gasteiger partial charge on any atom is 0.0848 e. The lowest BCUT2D eigenvalue weighted by Gasteiger charge is -2.43. The van der Waals surface area contributed by atoms with Crippen LogP contribution in [-0.2, 0) is 11.2 Å². The molecular formula is C14H23BrN2OS. The van der Waals surface area contributed by atoms with Crippen LogP contribution in [0.1, 0.15) is 37.5 Å². The number of methoxy groups -OCH3 is 1. The SMILES string of the molecule is COC1(C(Cc2cc(Br)cs2)NN)CCC(C)CC1. The number of halogens is 1. The average molecular weight is 347 g/mol. The van der Waals surface area contributed by atoms with Gasteiger partial charge in [0, 0.05) is 28.3 Å². The number of thiophene rings is 1. The van der Waals surface area contributed by atoms with Gasteiger partial charge in [-0.3, -0.25) is 11.3 Å². The van der Waals surface area contributed by atoms with E-state index in [1.807, 2.05) is 7.11 Å². The maximum atomic E-state index is 5.91. The molecule has 3 nitrogen and oxygen atoms in total. The monoisotopic (exact) mass is 346 g/mol. The molecule has 1 aliphatic rings. The van der Waals surface area contributed by atoms with Crippen molar-refractivity contribution in [1.82, 2.24) is 5.43 Å². The first-order chi connectivity index (χ1) is 9.09. The number of rotatable bonds is 5. The van der Waals surface area contributed by atoms with Crippen molar-refractivity contribution in [2.75, 3.05) is 7.11 Å². The third-order valence-electron chi connectivity index (χ3n) is 4.39. The summed E-state index contributed by atoms with van der Waals surface area (Å²) in [4.78, 5) is 1.34. The molecule has 19 heavy (non-hydrogen) atoms. The molecule has 1 unspecified atom stereocenters. The second-order valence-electron chi connectivity index (χ2n) is 5.61. The lowest BCUT2D eigenvalue weighted by molar-refractivity contribution is -0.0745. The Balaban J connectivity index is 2.10. The minimum absolute atomic E-state index is 0.113. The summed E-state index contributed by atoms with van der Waals surface area (Å²) < 4.78 is 7.05. The van der Waals surface area contributed by atoms with Gasteiger partial charge in [0.15, 0.2) is 0 Å². The van der Waals surface area contributed by atoms with Gasteiger partial charge in [0.2, 0.25) is 0 Å². The van der Waals surface area contributed by atoms with Gasteiger partial charge in [0.05, 0.1) is 11.6 Å².